The van der Waals surface area contributed by atoms with Crippen LogP contribution in [0.2, 0.25) is 0 Å². The molecular weight excluding hydrogens is 248 g/mol. The fourth-order valence-corrected chi connectivity index (χ4v) is 2.66. The molecule has 0 aliphatic rings. The van der Waals surface area contributed by atoms with E-state index in [-0.39, 0.29) is 11.8 Å². The number of carbonyl (C=O) groups excluding carboxylic acids is 1. The Balaban J connectivity index is 2.54. The summed E-state index contributed by atoms with van der Waals surface area (Å²) in [5.41, 5.74) is 6.21. The first-order valence-electron chi connectivity index (χ1n) is 5.97. The Morgan fingerprint density at radius 1 is 1.33 bits per heavy atom. The van der Waals surface area contributed by atoms with Gasteiger partial charge in [0.15, 0.2) is 0 Å². The van der Waals surface area contributed by atoms with E-state index in [4.69, 9.17) is 5.73 Å². The molecular formula is C13H20N2O2S. The lowest BCUT2D eigenvalue weighted by Crippen LogP contribution is -2.32. The van der Waals surface area contributed by atoms with Gasteiger partial charge in [-0.1, -0.05) is 25.1 Å². The molecule has 0 fully saturated rings. The van der Waals surface area contributed by atoms with Crippen molar-refractivity contribution in [3.05, 3.63) is 30.3 Å². The quantitative estimate of drug-likeness (QED) is 0.818. The zero-order valence-corrected chi connectivity index (χ0v) is 11.6. The summed E-state index contributed by atoms with van der Waals surface area (Å²) >= 11 is 0. The van der Waals surface area contributed by atoms with Gasteiger partial charge in [-0.25, -0.2) is 0 Å². The number of anilines is 1. The van der Waals surface area contributed by atoms with Crippen molar-refractivity contribution >= 4 is 22.4 Å². The van der Waals surface area contributed by atoms with E-state index < -0.39 is 16.0 Å². The molecule has 1 rings (SSSR count). The number of nitrogens with two attached hydrogens (primary N) is 1. The number of hydrogen-bond donors (Lipinski definition) is 2. The van der Waals surface area contributed by atoms with Crippen molar-refractivity contribution in [3.8, 4) is 0 Å². The van der Waals surface area contributed by atoms with Crippen LogP contribution in [0, 0.1) is 5.92 Å². The topological polar surface area (TPSA) is 72.2 Å². The molecule has 0 aliphatic heterocycles. The molecule has 0 saturated carbocycles. The summed E-state index contributed by atoms with van der Waals surface area (Å²) in [6, 6.07) is 9.16. The third-order valence-corrected chi connectivity index (χ3v) is 4.56. The van der Waals surface area contributed by atoms with Crippen molar-refractivity contribution in [3.63, 3.8) is 0 Å². The monoisotopic (exact) mass is 268 g/mol. The zero-order chi connectivity index (χ0) is 13.5. The van der Waals surface area contributed by atoms with Crippen LogP contribution in [0.4, 0.5) is 5.69 Å². The van der Waals surface area contributed by atoms with Gasteiger partial charge in [0, 0.05) is 22.2 Å². The average Bonchev–Trinajstić information content (AvgIpc) is 2.38. The molecule has 0 aromatic heterocycles. The Bertz CT molecular complexity index is 409. The Hall–Kier alpha value is -1.20. The number of benzene rings is 1. The van der Waals surface area contributed by atoms with Gasteiger partial charge in [-0.05, 0) is 31.5 Å². The van der Waals surface area contributed by atoms with Crippen LogP contribution in [-0.2, 0) is 15.6 Å². The number of hydrogen-bond acceptors (Lipinski definition) is 3. The molecule has 5 heteroatoms. The highest BCUT2D eigenvalue weighted by Crippen LogP contribution is 2.09. The van der Waals surface area contributed by atoms with Crippen molar-refractivity contribution in [2.45, 2.75) is 19.1 Å². The molecule has 3 unspecified atom stereocenters. The van der Waals surface area contributed by atoms with Crippen LogP contribution >= 0.6 is 0 Å². The van der Waals surface area contributed by atoms with Crippen LogP contribution in [0.25, 0.3) is 0 Å². The normalized spacial score (nSPS) is 15.7. The number of amides is 1. The van der Waals surface area contributed by atoms with Gasteiger partial charge in [0.2, 0.25) is 5.91 Å². The molecule has 1 aromatic rings. The van der Waals surface area contributed by atoms with E-state index in [0.29, 0.717) is 12.3 Å². The number of carbonyl (C=O) groups is 1. The van der Waals surface area contributed by atoms with Gasteiger partial charge in [-0.3, -0.25) is 9.00 Å². The smallest absolute Gasteiger partial charge is 0.239 e. The maximum absolute atomic E-state index is 11.9. The highest BCUT2D eigenvalue weighted by atomic mass is 32.2. The lowest BCUT2D eigenvalue weighted by Gasteiger charge is -2.14. The van der Waals surface area contributed by atoms with Crippen LogP contribution in [0.5, 0.6) is 0 Å². The summed E-state index contributed by atoms with van der Waals surface area (Å²) in [6.45, 7) is 4.09. The van der Waals surface area contributed by atoms with Crippen LogP contribution in [0.1, 0.15) is 13.8 Å². The Kier molecular flexibility index (Phi) is 6.01. The molecule has 3 atom stereocenters. The second-order valence-electron chi connectivity index (χ2n) is 4.39. The lowest BCUT2D eigenvalue weighted by atomic mass is 10.2. The van der Waals surface area contributed by atoms with Crippen molar-refractivity contribution in [2.75, 3.05) is 17.6 Å². The molecule has 0 saturated heterocycles. The van der Waals surface area contributed by atoms with E-state index in [2.05, 4.69) is 5.32 Å². The van der Waals surface area contributed by atoms with E-state index in [0.717, 1.165) is 5.69 Å². The van der Waals surface area contributed by atoms with Gasteiger partial charge in [-0.2, -0.15) is 0 Å². The highest BCUT2D eigenvalue weighted by Gasteiger charge is 2.21. The molecule has 0 bridgehead atoms. The molecule has 0 spiro atoms. The van der Waals surface area contributed by atoms with Crippen LogP contribution in [-0.4, -0.2) is 27.7 Å². The van der Waals surface area contributed by atoms with Crippen LogP contribution in [0.15, 0.2) is 30.3 Å². The molecule has 1 amide bonds. The van der Waals surface area contributed by atoms with Gasteiger partial charge in [-0.15, -0.1) is 0 Å². The minimum absolute atomic E-state index is 0.165. The Labute approximate surface area is 110 Å². The molecule has 100 valence electrons. The first-order chi connectivity index (χ1) is 8.54. The zero-order valence-electron chi connectivity index (χ0n) is 10.8. The SMILES string of the molecule is CC(CN)CS(=O)C(C)C(=O)Nc1ccccc1. The van der Waals surface area contributed by atoms with Crippen molar-refractivity contribution < 1.29 is 9.00 Å². The predicted molar refractivity (Wildman–Crippen MR) is 75.8 cm³/mol. The van der Waals surface area contributed by atoms with E-state index in [9.17, 15) is 9.00 Å². The summed E-state index contributed by atoms with van der Waals surface area (Å²) in [5.74, 6) is 0.404. The second-order valence-corrected chi connectivity index (χ2v) is 6.19. The van der Waals surface area contributed by atoms with E-state index in [1.165, 1.54) is 0 Å². The first-order valence-corrected chi connectivity index (χ1v) is 7.36. The number of para-hydroxylation sites is 1. The largest absolute Gasteiger partial charge is 0.330 e. The summed E-state index contributed by atoms with van der Waals surface area (Å²) in [5, 5.41) is 2.22. The Morgan fingerprint density at radius 2 is 1.94 bits per heavy atom. The predicted octanol–water partition coefficient (Wildman–Crippen LogP) is 1.36. The van der Waals surface area contributed by atoms with Crippen molar-refractivity contribution in [1.29, 1.82) is 0 Å². The van der Waals surface area contributed by atoms with Crippen molar-refractivity contribution in [1.82, 2.24) is 0 Å². The average molecular weight is 268 g/mol. The van der Waals surface area contributed by atoms with E-state index >= 15 is 0 Å². The van der Waals surface area contributed by atoms with Gasteiger partial charge in [0.25, 0.3) is 0 Å². The van der Waals surface area contributed by atoms with Crippen LogP contribution < -0.4 is 11.1 Å². The molecule has 0 heterocycles. The van der Waals surface area contributed by atoms with Crippen LogP contribution in [0.3, 0.4) is 0 Å². The lowest BCUT2D eigenvalue weighted by molar-refractivity contribution is -0.115. The summed E-state index contributed by atoms with van der Waals surface area (Å²) in [4.78, 5) is 11.9. The molecule has 1 aromatic carbocycles. The number of rotatable bonds is 6. The van der Waals surface area contributed by atoms with Gasteiger partial charge < -0.3 is 11.1 Å². The third-order valence-electron chi connectivity index (χ3n) is 2.66. The molecule has 18 heavy (non-hydrogen) atoms. The third kappa shape index (κ3) is 4.58. The maximum atomic E-state index is 11.9. The molecule has 0 aliphatic carbocycles. The molecule has 3 N–H and O–H groups in total. The second kappa shape index (κ2) is 7.28. The maximum Gasteiger partial charge on any atom is 0.239 e. The summed E-state index contributed by atoms with van der Waals surface area (Å²) < 4.78 is 11.9. The van der Waals surface area contributed by atoms with E-state index in [1.807, 2.05) is 25.1 Å². The van der Waals surface area contributed by atoms with Gasteiger partial charge in [0.1, 0.15) is 5.25 Å². The molecule has 0 radical (unpaired) electrons. The van der Waals surface area contributed by atoms with Gasteiger partial charge >= 0.3 is 0 Å². The fourth-order valence-electron chi connectivity index (χ4n) is 1.38. The van der Waals surface area contributed by atoms with Gasteiger partial charge in [0.05, 0.1) is 0 Å². The van der Waals surface area contributed by atoms with Crippen molar-refractivity contribution in [2.24, 2.45) is 11.7 Å². The first kappa shape index (κ1) is 14.9. The number of nitrogens with one attached hydrogen (secondary N) is 1. The summed E-state index contributed by atoms with van der Waals surface area (Å²) in [6.07, 6.45) is 0. The fraction of sp³-hybridized carbons (Fsp3) is 0.462. The Morgan fingerprint density at radius 3 is 2.50 bits per heavy atom. The molecule has 4 nitrogen and oxygen atoms in total. The van der Waals surface area contributed by atoms with E-state index in [1.54, 1.807) is 19.1 Å². The highest BCUT2D eigenvalue weighted by molar-refractivity contribution is 7.86. The summed E-state index contributed by atoms with van der Waals surface area (Å²) in [7, 11) is -1.19. The minimum Gasteiger partial charge on any atom is -0.330 e. The minimum atomic E-state index is -1.19. The standard InChI is InChI=1S/C13H20N2O2S/c1-10(8-14)9-18(17)11(2)13(16)15-12-6-4-3-5-7-12/h3-7,10-11H,8-9,14H2,1-2H3,(H,15,16).